The Balaban J connectivity index is 1.92. The van der Waals surface area contributed by atoms with Crippen LogP contribution in [0.4, 0.5) is 5.69 Å². The van der Waals surface area contributed by atoms with Crippen molar-refractivity contribution < 1.29 is 17.9 Å². The van der Waals surface area contributed by atoms with Crippen LogP contribution in [0.15, 0.2) is 53.4 Å². The van der Waals surface area contributed by atoms with Crippen molar-refractivity contribution in [2.24, 2.45) is 0 Å². The maximum Gasteiger partial charge on any atom is 0.246 e. The predicted octanol–water partition coefficient (Wildman–Crippen LogP) is 3.29. The molecule has 3 rings (SSSR count). The summed E-state index contributed by atoms with van der Waals surface area (Å²) in [7, 11) is -2.30. The van der Waals surface area contributed by atoms with Gasteiger partial charge >= 0.3 is 0 Å². The summed E-state index contributed by atoms with van der Waals surface area (Å²) in [6.07, 6.45) is 0.581. The maximum atomic E-state index is 12.9. The van der Waals surface area contributed by atoms with Gasteiger partial charge in [0.15, 0.2) is 14.6 Å². The van der Waals surface area contributed by atoms with Crippen LogP contribution in [0, 0.1) is 0 Å². The van der Waals surface area contributed by atoms with Gasteiger partial charge in [0.1, 0.15) is 5.75 Å². The molecule has 2 aromatic rings. The number of halogens is 1. The third-order valence-electron chi connectivity index (χ3n) is 4.10. The van der Waals surface area contributed by atoms with Crippen LogP contribution in [0.25, 0.3) is 0 Å². The Morgan fingerprint density at radius 2 is 1.83 bits per heavy atom. The molecule has 0 bridgehead atoms. The Kier molecular flexibility index (Phi) is 4.27. The number of nitrogens with one attached hydrogen (secondary N) is 1. The maximum absolute atomic E-state index is 12.9. The second-order valence-electron chi connectivity index (χ2n) is 5.61. The van der Waals surface area contributed by atoms with Gasteiger partial charge in [0.25, 0.3) is 0 Å². The van der Waals surface area contributed by atoms with E-state index in [4.69, 9.17) is 16.3 Å². The van der Waals surface area contributed by atoms with Crippen LogP contribution in [0.1, 0.15) is 12.8 Å². The molecule has 2 aromatic carbocycles. The van der Waals surface area contributed by atoms with E-state index in [9.17, 15) is 13.2 Å². The Labute approximate surface area is 145 Å². The summed E-state index contributed by atoms with van der Waals surface area (Å²) in [4.78, 5) is 12.9. The van der Waals surface area contributed by atoms with Crippen LogP contribution in [0.3, 0.4) is 0 Å². The molecular weight excluding hydrogens is 350 g/mol. The summed E-state index contributed by atoms with van der Waals surface area (Å²) in [5.41, 5.74) is 0.351. The number of carbonyl (C=O) groups is 1. The summed E-state index contributed by atoms with van der Waals surface area (Å²) in [6.45, 7) is 0. The minimum atomic E-state index is -3.76. The van der Waals surface area contributed by atoms with Crippen molar-refractivity contribution in [3.63, 3.8) is 0 Å². The molecule has 0 heterocycles. The first kappa shape index (κ1) is 16.8. The zero-order valence-electron chi connectivity index (χ0n) is 13.0. The Morgan fingerprint density at radius 1 is 1.17 bits per heavy atom. The number of carbonyl (C=O) groups excluding carboxylic acids is 1. The molecule has 1 N–H and O–H groups in total. The van der Waals surface area contributed by atoms with Gasteiger partial charge in [-0.3, -0.25) is 4.79 Å². The number of benzene rings is 2. The average molecular weight is 366 g/mol. The molecule has 1 fully saturated rings. The third kappa shape index (κ3) is 2.76. The molecule has 0 atom stereocenters. The summed E-state index contributed by atoms with van der Waals surface area (Å²) < 4.78 is 29.5. The lowest BCUT2D eigenvalue weighted by atomic mass is 10.2. The summed E-state index contributed by atoms with van der Waals surface area (Å²) >= 11 is 5.95. The van der Waals surface area contributed by atoms with E-state index in [1.165, 1.54) is 25.3 Å². The van der Waals surface area contributed by atoms with Crippen molar-refractivity contribution in [1.82, 2.24) is 0 Å². The highest BCUT2D eigenvalue weighted by atomic mass is 35.5. The normalized spacial score (nSPS) is 15.6. The van der Waals surface area contributed by atoms with Crippen molar-refractivity contribution in [2.75, 3.05) is 12.4 Å². The first-order chi connectivity index (χ1) is 11.4. The zero-order valence-corrected chi connectivity index (χ0v) is 14.5. The zero-order chi connectivity index (χ0) is 17.4. The summed E-state index contributed by atoms with van der Waals surface area (Å²) in [6, 6.07) is 12.8. The lowest BCUT2D eigenvalue weighted by Gasteiger charge is -2.17. The second kappa shape index (κ2) is 6.11. The minimum Gasteiger partial charge on any atom is -0.495 e. The molecule has 5 nitrogen and oxygen atoms in total. The number of hydrogen-bond acceptors (Lipinski definition) is 4. The van der Waals surface area contributed by atoms with Gasteiger partial charge in [0.05, 0.1) is 17.7 Å². The topological polar surface area (TPSA) is 72.5 Å². The lowest BCUT2D eigenvalue weighted by Crippen LogP contribution is -2.37. The van der Waals surface area contributed by atoms with Crippen LogP contribution < -0.4 is 10.1 Å². The van der Waals surface area contributed by atoms with Gasteiger partial charge < -0.3 is 10.1 Å². The van der Waals surface area contributed by atoms with Gasteiger partial charge in [0, 0.05) is 5.02 Å². The molecule has 1 amide bonds. The molecule has 0 aromatic heterocycles. The number of ether oxygens (including phenoxy) is 1. The second-order valence-corrected chi connectivity index (χ2v) is 8.31. The highest BCUT2D eigenvalue weighted by Crippen LogP contribution is 2.48. The number of sulfone groups is 1. The van der Waals surface area contributed by atoms with Crippen molar-refractivity contribution in [3.05, 3.63) is 53.6 Å². The third-order valence-corrected chi connectivity index (χ3v) is 6.85. The molecule has 1 aliphatic carbocycles. The number of rotatable bonds is 5. The van der Waals surface area contributed by atoms with E-state index in [-0.39, 0.29) is 4.90 Å². The van der Waals surface area contributed by atoms with E-state index < -0.39 is 20.5 Å². The summed E-state index contributed by atoms with van der Waals surface area (Å²) in [5.74, 6) is -0.146. The molecule has 24 heavy (non-hydrogen) atoms. The monoisotopic (exact) mass is 365 g/mol. The number of methoxy groups -OCH3 is 1. The van der Waals surface area contributed by atoms with Crippen molar-refractivity contribution in [1.29, 1.82) is 0 Å². The lowest BCUT2D eigenvalue weighted by molar-refractivity contribution is -0.116. The minimum absolute atomic E-state index is 0.149. The molecule has 0 radical (unpaired) electrons. The number of anilines is 1. The standard InChI is InChI=1S/C17H16ClNO4S/c1-23-15-8-7-12(18)11-14(15)19-16(20)17(9-10-17)24(21,22)13-5-3-2-4-6-13/h2-8,11H,9-10H2,1H3,(H,19,20). The molecule has 0 spiro atoms. The quantitative estimate of drug-likeness (QED) is 0.882. The van der Waals surface area contributed by atoms with Gasteiger partial charge in [-0.25, -0.2) is 8.42 Å². The van der Waals surface area contributed by atoms with Crippen LogP contribution in [-0.4, -0.2) is 26.2 Å². The van der Waals surface area contributed by atoms with E-state index in [1.54, 1.807) is 30.3 Å². The fraction of sp³-hybridized carbons (Fsp3) is 0.235. The molecule has 126 valence electrons. The highest BCUT2D eigenvalue weighted by molar-refractivity contribution is 7.94. The first-order valence-electron chi connectivity index (χ1n) is 7.35. The molecule has 0 saturated heterocycles. The number of amides is 1. The largest absolute Gasteiger partial charge is 0.495 e. The smallest absolute Gasteiger partial charge is 0.246 e. The van der Waals surface area contributed by atoms with Crippen molar-refractivity contribution in [2.45, 2.75) is 22.5 Å². The van der Waals surface area contributed by atoms with Crippen LogP contribution in [0.2, 0.25) is 5.02 Å². The van der Waals surface area contributed by atoms with Crippen molar-refractivity contribution >= 4 is 33.0 Å². The molecular formula is C17H16ClNO4S. The van der Waals surface area contributed by atoms with Crippen LogP contribution in [0.5, 0.6) is 5.75 Å². The molecule has 7 heteroatoms. The van der Waals surface area contributed by atoms with Crippen molar-refractivity contribution in [3.8, 4) is 5.75 Å². The average Bonchev–Trinajstić information content (AvgIpc) is 3.38. The first-order valence-corrected chi connectivity index (χ1v) is 9.21. The molecule has 0 unspecified atom stereocenters. The van der Waals surface area contributed by atoms with E-state index in [1.807, 2.05) is 0 Å². The van der Waals surface area contributed by atoms with E-state index >= 15 is 0 Å². The summed E-state index contributed by atoms with van der Waals surface area (Å²) in [5, 5.41) is 3.07. The van der Waals surface area contributed by atoms with Crippen LogP contribution in [-0.2, 0) is 14.6 Å². The fourth-order valence-electron chi connectivity index (χ4n) is 2.57. The van der Waals surface area contributed by atoms with Crippen LogP contribution >= 0.6 is 11.6 Å². The van der Waals surface area contributed by atoms with E-state index in [0.29, 0.717) is 29.3 Å². The molecule has 1 saturated carbocycles. The number of hydrogen-bond donors (Lipinski definition) is 1. The van der Waals surface area contributed by atoms with Gasteiger partial charge in [-0.1, -0.05) is 29.8 Å². The van der Waals surface area contributed by atoms with E-state index in [0.717, 1.165) is 0 Å². The Bertz CT molecular complexity index is 877. The van der Waals surface area contributed by atoms with Gasteiger partial charge in [-0.05, 0) is 43.2 Å². The van der Waals surface area contributed by atoms with E-state index in [2.05, 4.69) is 5.32 Å². The van der Waals surface area contributed by atoms with Gasteiger partial charge in [-0.2, -0.15) is 0 Å². The fourth-order valence-corrected chi connectivity index (χ4v) is 4.64. The van der Waals surface area contributed by atoms with Gasteiger partial charge in [0.2, 0.25) is 5.91 Å². The molecule has 0 aliphatic heterocycles. The van der Waals surface area contributed by atoms with Gasteiger partial charge in [-0.15, -0.1) is 0 Å². The SMILES string of the molecule is COc1ccc(Cl)cc1NC(=O)C1(S(=O)(=O)c2ccccc2)CC1. The predicted molar refractivity (Wildman–Crippen MR) is 92.2 cm³/mol. The Morgan fingerprint density at radius 3 is 2.42 bits per heavy atom. The highest BCUT2D eigenvalue weighted by Gasteiger charge is 2.61. The Hall–Kier alpha value is -2.05. The molecule has 1 aliphatic rings.